The summed E-state index contributed by atoms with van der Waals surface area (Å²) >= 11 is 3.47. The lowest BCUT2D eigenvalue weighted by Gasteiger charge is -2.18. The zero-order valence-corrected chi connectivity index (χ0v) is 17.6. The van der Waals surface area contributed by atoms with E-state index in [0.717, 1.165) is 34.3 Å². The van der Waals surface area contributed by atoms with Crippen LogP contribution in [0.2, 0.25) is 0 Å². The molecule has 0 aliphatic carbocycles. The van der Waals surface area contributed by atoms with Crippen LogP contribution in [0.4, 0.5) is 5.69 Å². The molecule has 3 rings (SSSR count). The molecular weight excluding hydrogens is 420 g/mol. The van der Waals surface area contributed by atoms with Crippen molar-refractivity contribution in [1.29, 1.82) is 0 Å². The highest BCUT2D eigenvalue weighted by molar-refractivity contribution is 9.10. The van der Waals surface area contributed by atoms with Gasteiger partial charge in [-0.1, -0.05) is 37.6 Å². The molecule has 1 aliphatic heterocycles. The van der Waals surface area contributed by atoms with E-state index in [1.165, 1.54) is 0 Å². The predicted molar refractivity (Wildman–Crippen MR) is 113 cm³/mol. The molecule has 2 aromatic rings. The van der Waals surface area contributed by atoms with Crippen molar-refractivity contribution in [3.05, 3.63) is 58.6 Å². The topological polar surface area (TPSA) is 58.6 Å². The molecule has 0 saturated carbocycles. The minimum absolute atomic E-state index is 0.152. The third-order valence-electron chi connectivity index (χ3n) is 4.80. The van der Waals surface area contributed by atoms with Gasteiger partial charge in [0.2, 0.25) is 11.8 Å². The molecule has 0 spiro atoms. The average molecular weight is 445 g/mol. The molecule has 0 bridgehead atoms. The van der Waals surface area contributed by atoms with Crippen LogP contribution in [0.5, 0.6) is 5.75 Å². The normalized spacial score (nSPS) is 16.3. The van der Waals surface area contributed by atoms with E-state index in [4.69, 9.17) is 4.74 Å². The Hall–Kier alpha value is -2.34. The Labute approximate surface area is 174 Å². The lowest BCUT2D eigenvalue weighted by Crippen LogP contribution is -2.36. The van der Waals surface area contributed by atoms with E-state index < -0.39 is 5.92 Å². The van der Waals surface area contributed by atoms with Crippen LogP contribution >= 0.6 is 15.9 Å². The molecule has 1 unspecified atom stereocenters. The van der Waals surface area contributed by atoms with Crippen molar-refractivity contribution < 1.29 is 14.3 Å². The fourth-order valence-electron chi connectivity index (χ4n) is 3.22. The van der Waals surface area contributed by atoms with Gasteiger partial charge < -0.3 is 15.0 Å². The Morgan fingerprint density at radius 1 is 1.25 bits per heavy atom. The predicted octanol–water partition coefficient (Wildman–Crippen LogP) is 4.30. The van der Waals surface area contributed by atoms with Crippen LogP contribution in [0.15, 0.2) is 53.0 Å². The summed E-state index contributed by atoms with van der Waals surface area (Å²) in [5, 5.41) is 2.90. The number of unbranched alkanes of at least 4 members (excludes halogenated alkanes) is 1. The molecular formula is C22H25BrN2O3. The molecule has 1 heterocycles. The smallest absolute Gasteiger partial charge is 0.239 e. The number of ether oxygens (including phenoxy) is 1. The Bertz CT molecular complexity index is 840. The first-order valence-corrected chi connectivity index (χ1v) is 10.4. The number of nitrogens with zero attached hydrogens (tertiary/aromatic N) is 1. The van der Waals surface area contributed by atoms with Gasteiger partial charge in [-0.25, -0.2) is 0 Å². The quantitative estimate of drug-likeness (QED) is 0.487. The fourth-order valence-corrected chi connectivity index (χ4v) is 3.72. The van der Waals surface area contributed by atoms with Crippen molar-refractivity contribution >= 4 is 33.4 Å². The summed E-state index contributed by atoms with van der Waals surface area (Å²) in [5.74, 6) is -0.216. The van der Waals surface area contributed by atoms with Crippen molar-refractivity contribution in [2.75, 3.05) is 18.1 Å². The number of nitrogens with one attached hydrogen (secondary N) is 1. The van der Waals surface area contributed by atoms with Crippen molar-refractivity contribution in [2.24, 2.45) is 5.92 Å². The van der Waals surface area contributed by atoms with E-state index in [0.29, 0.717) is 26.1 Å². The minimum atomic E-state index is -0.643. The summed E-state index contributed by atoms with van der Waals surface area (Å²) in [5.41, 5.74) is 1.76. The standard InChI is InChI=1S/C22H25BrN2O3/c1-2-3-13-28-17-8-6-7-16(14-17)15-24-21(26)18-11-12-25(22(18)27)20-10-5-4-9-19(20)23/h4-10,14,18H,2-3,11-13,15H2,1H3,(H,24,26). The van der Waals surface area contributed by atoms with Crippen molar-refractivity contribution in [1.82, 2.24) is 5.32 Å². The summed E-state index contributed by atoms with van der Waals surface area (Å²) in [7, 11) is 0. The molecule has 2 amide bonds. The third-order valence-corrected chi connectivity index (χ3v) is 5.47. The maximum absolute atomic E-state index is 12.7. The number of halogens is 1. The van der Waals surface area contributed by atoms with Gasteiger partial charge in [-0.05, 0) is 58.6 Å². The first kappa shape index (κ1) is 20.4. The number of amides is 2. The molecule has 2 aromatic carbocycles. The highest BCUT2D eigenvalue weighted by Crippen LogP contribution is 2.31. The molecule has 0 radical (unpaired) electrons. The zero-order valence-electron chi connectivity index (χ0n) is 16.0. The third kappa shape index (κ3) is 4.93. The molecule has 1 aliphatic rings. The number of para-hydroxylation sites is 1. The number of anilines is 1. The molecule has 5 nitrogen and oxygen atoms in total. The number of rotatable bonds is 8. The Morgan fingerprint density at radius 3 is 2.86 bits per heavy atom. The SMILES string of the molecule is CCCCOc1cccc(CNC(=O)C2CCN(c3ccccc3Br)C2=O)c1. The second kappa shape index (κ2) is 9.73. The van der Waals surface area contributed by atoms with E-state index in [1.807, 2.05) is 48.5 Å². The van der Waals surface area contributed by atoms with Crippen molar-refractivity contribution in [3.8, 4) is 5.75 Å². The second-order valence-corrected chi connectivity index (χ2v) is 7.70. The molecule has 1 fully saturated rings. The van der Waals surface area contributed by atoms with E-state index in [-0.39, 0.29) is 11.8 Å². The summed E-state index contributed by atoms with van der Waals surface area (Å²) in [6.45, 7) is 3.73. The van der Waals surface area contributed by atoms with Crippen molar-refractivity contribution in [3.63, 3.8) is 0 Å². The van der Waals surface area contributed by atoms with Gasteiger partial charge in [0, 0.05) is 17.6 Å². The van der Waals surface area contributed by atoms with Gasteiger partial charge >= 0.3 is 0 Å². The van der Waals surface area contributed by atoms with E-state index in [1.54, 1.807) is 4.90 Å². The average Bonchev–Trinajstić information content (AvgIpc) is 3.08. The van der Waals surface area contributed by atoms with Gasteiger partial charge in [0.25, 0.3) is 0 Å². The number of carbonyl (C=O) groups excluding carboxylic acids is 2. The van der Waals surface area contributed by atoms with Crippen LogP contribution in [0, 0.1) is 5.92 Å². The van der Waals surface area contributed by atoms with Crippen LogP contribution in [-0.4, -0.2) is 25.0 Å². The van der Waals surface area contributed by atoms with Gasteiger partial charge in [-0.2, -0.15) is 0 Å². The highest BCUT2D eigenvalue weighted by atomic mass is 79.9. The lowest BCUT2D eigenvalue weighted by atomic mass is 10.1. The van der Waals surface area contributed by atoms with Crippen LogP contribution in [-0.2, 0) is 16.1 Å². The number of benzene rings is 2. The Kier molecular flexibility index (Phi) is 7.09. The van der Waals surface area contributed by atoms with Crippen LogP contribution in [0.25, 0.3) is 0 Å². The lowest BCUT2D eigenvalue weighted by molar-refractivity contribution is -0.132. The van der Waals surface area contributed by atoms with Gasteiger partial charge in [0.1, 0.15) is 11.7 Å². The number of carbonyl (C=O) groups is 2. The van der Waals surface area contributed by atoms with E-state index in [2.05, 4.69) is 28.2 Å². The maximum atomic E-state index is 12.7. The molecule has 1 saturated heterocycles. The van der Waals surface area contributed by atoms with Gasteiger partial charge in [0.15, 0.2) is 0 Å². The summed E-state index contributed by atoms with van der Waals surface area (Å²) < 4.78 is 6.56. The molecule has 28 heavy (non-hydrogen) atoms. The monoisotopic (exact) mass is 444 g/mol. The Balaban J connectivity index is 1.56. The zero-order chi connectivity index (χ0) is 19.9. The second-order valence-electron chi connectivity index (χ2n) is 6.85. The highest BCUT2D eigenvalue weighted by Gasteiger charge is 2.37. The van der Waals surface area contributed by atoms with E-state index >= 15 is 0 Å². The summed E-state index contributed by atoms with van der Waals surface area (Å²) in [4.78, 5) is 27.0. The van der Waals surface area contributed by atoms with E-state index in [9.17, 15) is 9.59 Å². The minimum Gasteiger partial charge on any atom is -0.494 e. The van der Waals surface area contributed by atoms with Gasteiger partial charge in [-0.15, -0.1) is 0 Å². The maximum Gasteiger partial charge on any atom is 0.239 e. The van der Waals surface area contributed by atoms with Crippen LogP contribution in [0.1, 0.15) is 31.7 Å². The fraction of sp³-hybridized carbons (Fsp3) is 0.364. The van der Waals surface area contributed by atoms with Crippen LogP contribution < -0.4 is 15.0 Å². The molecule has 148 valence electrons. The first-order chi connectivity index (χ1) is 13.6. The molecule has 6 heteroatoms. The molecule has 1 atom stereocenters. The summed E-state index contributed by atoms with van der Waals surface area (Å²) in [6, 6.07) is 15.3. The molecule has 1 N–H and O–H groups in total. The first-order valence-electron chi connectivity index (χ1n) is 9.65. The van der Waals surface area contributed by atoms with Gasteiger partial charge in [0.05, 0.1) is 12.3 Å². The Morgan fingerprint density at radius 2 is 2.07 bits per heavy atom. The van der Waals surface area contributed by atoms with Gasteiger partial charge in [-0.3, -0.25) is 9.59 Å². The van der Waals surface area contributed by atoms with Crippen molar-refractivity contribution in [2.45, 2.75) is 32.7 Å². The largest absolute Gasteiger partial charge is 0.494 e. The summed E-state index contributed by atoms with van der Waals surface area (Å²) in [6.07, 6.45) is 2.62. The number of hydrogen-bond acceptors (Lipinski definition) is 3. The van der Waals surface area contributed by atoms with Crippen LogP contribution in [0.3, 0.4) is 0 Å². The number of hydrogen-bond donors (Lipinski definition) is 1. The molecule has 0 aromatic heterocycles.